The second-order valence-electron chi connectivity index (χ2n) is 5.53. The molecule has 0 aromatic heterocycles. The molecule has 4 nitrogen and oxygen atoms in total. The van der Waals surface area contributed by atoms with E-state index < -0.39 is 11.9 Å². The molecule has 0 saturated carbocycles. The van der Waals surface area contributed by atoms with Gasteiger partial charge in [-0.05, 0) is 48.9 Å². The lowest BCUT2D eigenvalue weighted by atomic mass is 10.0. The number of ether oxygens (including phenoxy) is 1. The lowest BCUT2D eigenvalue weighted by Gasteiger charge is -2.25. The minimum Gasteiger partial charge on any atom is -0.497 e. The number of hydrogen-bond donors (Lipinski definition) is 0. The molecule has 1 amide bonds. The van der Waals surface area contributed by atoms with E-state index in [1.165, 1.54) is 19.1 Å². The number of Topliss-reactive ketones (excluding diaryl/α,β-unsaturated/α-hetero) is 1. The number of hydrogen-bond acceptors (Lipinski definition) is 3. The summed E-state index contributed by atoms with van der Waals surface area (Å²) in [4.78, 5) is 25.9. The number of benzene rings is 2. The topological polar surface area (TPSA) is 46.6 Å². The molecule has 1 atom stereocenters. The van der Waals surface area contributed by atoms with Crippen LogP contribution in [0.3, 0.4) is 0 Å². The molecular formula is C18H16FNO3. The minimum absolute atomic E-state index is 0.0292. The van der Waals surface area contributed by atoms with Gasteiger partial charge in [-0.25, -0.2) is 4.39 Å². The Bertz CT molecular complexity index is 770. The molecule has 0 bridgehead atoms. The molecule has 118 valence electrons. The first-order valence-electron chi connectivity index (χ1n) is 7.27. The summed E-state index contributed by atoms with van der Waals surface area (Å²) in [5.41, 5.74) is 1.65. The van der Waals surface area contributed by atoms with Crippen LogP contribution in [0.5, 0.6) is 5.75 Å². The Morgan fingerprint density at radius 2 is 1.91 bits per heavy atom. The highest BCUT2D eigenvalue weighted by molar-refractivity contribution is 6.11. The Labute approximate surface area is 133 Å². The highest BCUT2D eigenvalue weighted by Crippen LogP contribution is 2.40. The zero-order chi connectivity index (χ0) is 16.6. The maximum Gasteiger partial charge on any atom is 0.259 e. The van der Waals surface area contributed by atoms with Crippen molar-refractivity contribution in [3.63, 3.8) is 0 Å². The van der Waals surface area contributed by atoms with Gasteiger partial charge in [0.05, 0.1) is 13.2 Å². The van der Waals surface area contributed by atoms with Crippen LogP contribution in [-0.2, 0) is 4.79 Å². The van der Waals surface area contributed by atoms with Crippen molar-refractivity contribution < 1.29 is 18.7 Å². The monoisotopic (exact) mass is 313 g/mol. The zero-order valence-corrected chi connectivity index (χ0v) is 12.9. The van der Waals surface area contributed by atoms with Crippen LogP contribution in [-0.4, -0.2) is 18.8 Å². The van der Waals surface area contributed by atoms with Crippen molar-refractivity contribution in [1.82, 2.24) is 0 Å². The molecule has 1 heterocycles. The molecule has 23 heavy (non-hydrogen) atoms. The van der Waals surface area contributed by atoms with Gasteiger partial charge in [-0.15, -0.1) is 0 Å². The maximum atomic E-state index is 13.5. The summed E-state index contributed by atoms with van der Waals surface area (Å²) in [6, 6.07) is 10.7. The lowest BCUT2D eigenvalue weighted by Crippen LogP contribution is -2.28. The van der Waals surface area contributed by atoms with Crippen molar-refractivity contribution in [2.24, 2.45) is 0 Å². The van der Waals surface area contributed by atoms with Crippen molar-refractivity contribution in [2.75, 3.05) is 12.0 Å². The van der Waals surface area contributed by atoms with Crippen molar-refractivity contribution in [2.45, 2.75) is 19.4 Å². The van der Waals surface area contributed by atoms with E-state index in [4.69, 9.17) is 4.74 Å². The van der Waals surface area contributed by atoms with E-state index in [-0.39, 0.29) is 18.1 Å². The number of carbonyl (C=O) groups is 2. The standard InChI is InChI=1S/C18H16FNO3/c1-11(21)9-17-15-8-3-12(19)10-16(15)18(22)20(17)13-4-6-14(23-2)7-5-13/h3-8,10,17H,9H2,1-2H3. The molecule has 3 rings (SSSR count). The molecule has 1 unspecified atom stereocenters. The number of anilines is 1. The van der Waals surface area contributed by atoms with Crippen LogP contribution in [0.1, 0.15) is 35.3 Å². The van der Waals surface area contributed by atoms with Crippen LogP contribution >= 0.6 is 0 Å². The first-order valence-corrected chi connectivity index (χ1v) is 7.27. The number of methoxy groups -OCH3 is 1. The van der Waals surface area contributed by atoms with E-state index >= 15 is 0 Å². The Hall–Kier alpha value is -2.69. The van der Waals surface area contributed by atoms with Crippen molar-refractivity contribution in [3.8, 4) is 5.75 Å². The van der Waals surface area contributed by atoms with E-state index in [1.54, 1.807) is 42.3 Å². The molecule has 0 N–H and O–H groups in total. The second-order valence-corrected chi connectivity index (χ2v) is 5.53. The molecule has 1 aliphatic heterocycles. The smallest absolute Gasteiger partial charge is 0.259 e. The first kappa shape index (κ1) is 15.2. The minimum atomic E-state index is -0.463. The van der Waals surface area contributed by atoms with E-state index in [2.05, 4.69) is 0 Å². The molecule has 0 fully saturated rings. The Kier molecular flexibility index (Phi) is 3.86. The van der Waals surface area contributed by atoms with E-state index in [1.807, 2.05) is 0 Å². The van der Waals surface area contributed by atoms with Crippen LogP contribution in [0.4, 0.5) is 10.1 Å². The van der Waals surface area contributed by atoms with Crippen molar-refractivity contribution >= 4 is 17.4 Å². The molecule has 0 spiro atoms. The maximum absolute atomic E-state index is 13.5. The summed E-state index contributed by atoms with van der Waals surface area (Å²) in [6.45, 7) is 1.48. The number of carbonyl (C=O) groups excluding carboxylic acids is 2. The van der Waals surface area contributed by atoms with Gasteiger partial charge >= 0.3 is 0 Å². The van der Waals surface area contributed by atoms with Gasteiger partial charge in [0, 0.05) is 17.7 Å². The van der Waals surface area contributed by atoms with E-state index in [0.29, 0.717) is 22.6 Å². The van der Waals surface area contributed by atoms with Gasteiger partial charge in [0.25, 0.3) is 5.91 Å². The van der Waals surface area contributed by atoms with Gasteiger partial charge < -0.3 is 9.64 Å². The second kappa shape index (κ2) is 5.83. The van der Waals surface area contributed by atoms with Crippen LogP contribution in [0.25, 0.3) is 0 Å². The lowest BCUT2D eigenvalue weighted by molar-refractivity contribution is -0.117. The third kappa shape index (κ3) is 2.70. The molecule has 2 aromatic rings. The molecule has 0 aliphatic carbocycles. The van der Waals surface area contributed by atoms with Crippen LogP contribution in [0, 0.1) is 5.82 Å². The third-order valence-electron chi connectivity index (χ3n) is 3.97. The summed E-state index contributed by atoms with van der Waals surface area (Å²) < 4.78 is 18.6. The van der Waals surface area contributed by atoms with Gasteiger partial charge in [0.15, 0.2) is 0 Å². The van der Waals surface area contributed by atoms with Crippen molar-refractivity contribution in [1.29, 1.82) is 0 Å². The van der Waals surface area contributed by atoms with Gasteiger partial charge in [0.2, 0.25) is 0 Å². The molecule has 2 aromatic carbocycles. The van der Waals surface area contributed by atoms with Crippen molar-refractivity contribution in [3.05, 3.63) is 59.4 Å². The summed E-state index contributed by atoms with van der Waals surface area (Å²) in [5.74, 6) is -0.114. The van der Waals surface area contributed by atoms with Gasteiger partial charge in [-0.3, -0.25) is 9.59 Å². The predicted molar refractivity (Wildman–Crippen MR) is 84.2 cm³/mol. The Balaban J connectivity index is 2.07. The molecule has 5 heteroatoms. The number of ketones is 1. The Morgan fingerprint density at radius 1 is 1.22 bits per heavy atom. The third-order valence-corrected chi connectivity index (χ3v) is 3.97. The highest BCUT2D eigenvalue weighted by atomic mass is 19.1. The summed E-state index contributed by atoms with van der Waals surface area (Å²) in [7, 11) is 1.56. The summed E-state index contributed by atoms with van der Waals surface area (Å²) in [6.07, 6.45) is 0.191. The average molecular weight is 313 g/mol. The fraction of sp³-hybridized carbons (Fsp3) is 0.222. The number of halogens is 1. The van der Waals surface area contributed by atoms with Crippen LogP contribution in [0.15, 0.2) is 42.5 Å². The zero-order valence-electron chi connectivity index (χ0n) is 12.9. The molecule has 0 saturated heterocycles. The number of nitrogens with zero attached hydrogens (tertiary/aromatic N) is 1. The molecular weight excluding hydrogens is 297 g/mol. The average Bonchev–Trinajstić information content (AvgIpc) is 2.79. The number of fused-ring (bicyclic) bond motifs is 1. The van der Waals surface area contributed by atoms with Gasteiger partial charge in [0.1, 0.15) is 17.3 Å². The van der Waals surface area contributed by atoms with Gasteiger partial charge in [-0.1, -0.05) is 6.07 Å². The summed E-state index contributed by atoms with van der Waals surface area (Å²) >= 11 is 0. The fourth-order valence-corrected chi connectivity index (χ4v) is 2.93. The van der Waals surface area contributed by atoms with E-state index in [0.717, 1.165) is 0 Å². The Morgan fingerprint density at radius 3 is 2.52 bits per heavy atom. The largest absolute Gasteiger partial charge is 0.497 e. The normalized spacial score (nSPS) is 16.4. The summed E-state index contributed by atoms with van der Waals surface area (Å²) in [5, 5.41) is 0. The molecule has 1 aliphatic rings. The first-order chi connectivity index (χ1) is 11.0. The number of rotatable bonds is 4. The van der Waals surface area contributed by atoms with Gasteiger partial charge in [-0.2, -0.15) is 0 Å². The predicted octanol–water partition coefficient (Wildman–Crippen LogP) is 3.51. The van der Waals surface area contributed by atoms with Crippen LogP contribution < -0.4 is 9.64 Å². The van der Waals surface area contributed by atoms with E-state index in [9.17, 15) is 14.0 Å². The van der Waals surface area contributed by atoms with Crippen LogP contribution in [0.2, 0.25) is 0 Å². The SMILES string of the molecule is COc1ccc(N2C(=O)c3cc(F)ccc3C2CC(C)=O)cc1. The molecule has 0 radical (unpaired) electrons. The quantitative estimate of drug-likeness (QED) is 0.867. The fourth-order valence-electron chi connectivity index (χ4n) is 2.93. The number of amides is 1. The highest BCUT2D eigenvalue weighted by Gasteiger charge is 2.38.